The lowest BCUT2D eigenvalue weighted by Gasteiger charge is -2.15. The van der Waals surface area contributed by atoms with Gasteiger partial charge in [0.2, 0.25) is 0 Å². The van der Waals surface area contributed by atoms with Crippen molar-refractivity contribution < 1.29 is 14.3 Å². The zero-order valence-corrected chi connectivity index (χ0v) is 18.2. The van der Waals surface area contributed by atoms with Gasteiger partial charge in [-0.1, -0.05) is 23.8 Å². The molecule has 6 heteroatoms. The summed E-state index contributed by atoms with van der Waals surface area (Å²) in [7, 11) is 1.74. The molecule has 0 spiro atoms. The topological polar surface area (TPSA) is 51.1 Å². The second kappa shape index (κ2) is 9.18. The van der Waals surface area contributed by atoms with Crippen molar-refractivity contribution in [2.24, 2.45) is 4.99 Å². The first kappa shape index (κ1) is 21.0. The Labute approximate surface area is 176 Å². The first-order chi connectivity index (χ1) is 13.9. The summed E-state index contributed by atoms with van der Waals surface area (Å²) in [5.74, 6) is 1.31. The number of amides is 1. The van der Waals surface area contributed by atoms with Crippen molar-refractivity contribution >= 4 is 34.6 Å². The molecular formula is C23H26N2O3S. The highest BCUT2D eigenvalue weighted by atomic mass is 32.2. The molecule has 5 nitrogen and oxygen atoms in total. The maximum absolute atomic E-state index is 12.7. The highest BCUT2D eigenvalue weighted by molar-refractivity contribution is 8.18. The molecule has 29 heavy (non-hydrogen) atoms. The number of amidine groups is 1. The summed E-state index contributed by atoms with van der Waals surface area (Å²) in [4.78, 5) is 19.5. The van der Waals surface area contributed by atoms with Crippen LogP contribution >= 0.6 is 11.8 Å². The van der Waals surface area contributed by atoms with Gasteiger partial charge in [0.15, 0.2) is 16.7 Å². The summed E-state index contributed by atoms with van der Waals surface area (Å²) in [6, 6.07) is 13.6. The van der Waals surface area contributed by atoms with Crippen LogP contribution in [0.1, 0.15) is 31.9 Å². The molecule has 152 valence electrons. The van der Waals surface area contributed by atoms with E-state index in [1.807, 2.05) is 76.2 Å². The summed E-state index contributed by atoms with van der Waals surface area (Å²) in [6.45, 7) is 8.46. The Bertz CT molecular complexity index is 949. The minimum absolute atomic E-state index is 0.0552. The van der Waals surface area contributed by atoms with Gasteiger partial charge in [-0.2, -0.15) is 0 Å². The highest BCUT2D eigenvalue weighted by Crippen LogP contribution is 2.35. The number of thioether (sulfide) groups is 1. The third-order valence-corrected chi connectivity index (χ3v) is 5.25. The van der Waals surface area contributed by atoms with Crippen LogP contribution in [0, 0.1) is 6.92 Å². The molecule has 2 aromatic carbocycles. The number of rotatable bonds is 6. The lowest BCUT2D eigenvalue weighted by molar-refractivity contribution is -0.121. The summed E-state index contributed by atoms with van der Waals surface area (Å²) >= 11 is 1.37. The molecule has 0 N–H and O–H groups in total. The molecule has 1 heterocycles. The smallest absolute Gasteiger partial charge is 0.266 e. The summed E-state index contributed by atoms with van der Waals surface area (Å²) < 4.78 is 11.5. The molecule has 0 saturated carbocycles. The Morgan fingerprint density at radius 3 is 2.52 bits per heavy atom. The number of aliphatic imine (C=N–C) groups is 1. The van der Waals surface area contributed by atoms with Gasteiger partial charge >= 0.3 is 0 Å². The lowest BCUT2D eigenvalue weighted by Crippen LogP contribution is -2.23. The molecule has 1 fully saturated rings. The number of carbonyl (C=O) groups is 1. The van der Waals surface area contributed by atoms with Crippen LogP contribution in [0.3, 0.4) is 0 Å². The number of carbonyl (C=O) groups excluding carboxylic acids is 1. The van der Waals surface area contributed by atoms with Crippen LogP contribution in [0.2, 0.25) is 0 Å². The average Bonchev–Trinajstić information content (AvgIpc) is 2.93. The van der Waals surface area contributed by atoms with E-state index in [-0.39, 0.29) is 12.0 Å². The van der Waals surface area contributed by atoms with E-state index in [4.69, 9.17) is 9.47 Å². The predicted molar refractivity (Wildman–Crippen MR) is 120 cm³/mol. The van der Waals surface area contributed by atoms with Crippen LogP contribution in [-0.4, -0.2) is 35.7 Å². The number of benzene rings is 2. The summed E-state index contributed by atoms with van der Waals surface area (Å²) in [5.41, 5.74) is 2.88. The van der Waals surface area contributed by atoms with Crippen molar-refractivity contribution in [3.05, 3.63) is 58.5 Å². The SMILES string of the molecule is CCOc1cc(/C=C2\SC(=Nc3ccc(C)cc3)N(C)C2=O)ccc1OC(C)C. The van der Waals surface area contributed by atoms with Gasteiger partial charge in [-0.3, -0.25) is 9.69 Å². The number of likely N-dealkylation sites (N-methyl/N-ethyl adjacent to an activating group) is 1. The van der Waals surface area contributed by atoms with E-state index in [0.29, 0.717) is 28.2 Å². The molecule has 1 amide bonds. The minimum atomic E-state index is -0.0682. The monoisotopic (exact) mass is 410 g/mol. The minimum Gasteiger partial charge on any atom is -0.490 e. The number of nitrogens with zero attached hydrogens (tertiary/aromatic N) is 2. The largest absolute Gasteiger partial charge is 0.490 e. The van der Waals surface area contributed by atoms with Crippen LogP contribution in [0.4, 0.5) is 5.69 Å². The van der Waals surface area contributed by atoms with E-state index in [0.717, 1.165) is 11.3 Å². The van der Waals surface area contributed by atoms with Crippen LogP contribution in [-0.2, 0) is 4.79 Å². The van der Waals surface area contributed by atoms with Crippen molar-refractivity contribution in [3.63, 3.8) is 0 Å². The molecule has 0 aromatic heterocycles. The average molecular weight is 411 g/mol. The standard InChI is InChI=1S/C23H26N2O3S/c1-6-27-20-13-17(9-12-19(20)28-15(2)3)14-21-22(26)25(5)23(29-21)24-18-10-7-16(4)8-11-18/h7-15H,6H2,1-5H3/b21-14-,24-23?. The molecule has 2 aromatic rings. The fraction of sp³-hybridized carbons (Fsp3) is 0.304. The zero-order chi connectivity index (χ0) is 21.0. The molecule has 0 bridgehead atoms. The van der Waals surface area contributed by atoms with Crippen molar-refractivity contribution in [1.82, 2.24) is 4.90 Å². The summed E-state index contributed by atoms with van der Waals surface area (Å²) in [5, 5.41) is 0.662. The normalized spacial score (nSPS) is 16.9. The maximum Gasteiger partial charge on any atom is 0.266 e. The molecule has 0 aliphatic carbocycles. The Morgan fingerprint density at radius 2 is 1.86 bits per heavy atom. The van der Waals surface area contributed by atoms with E-state index in [1.165, 1.54) is 17.3 Å². The molecule has 0 radical (unpaired) electrons. The fourth-order valence-corrected chi connectivity index (χ4v) is 3.75. The van der Waals surface area contributed by atoms with Crippen LogP contribution < -0.4 is 9.47 Å². The lowest BCUT2D eigenvalue weighted by atomic mass is 10.2. The van der Waals surface area contributed by atoms with E-state index < -0.39 is 0 Å². The van der Waals surface area contributed by atoms with Crippen molar-refractivity contribution in [1.29, 1.82) is 0 Å². The number of hydrogen-bond acceptors (Lipinski definition) is 5. The van der Waals surface area contributed by atoms with E-state index >= 15 is 0 Å². The van der Waals surface area contributed by atoms with Crippen LogP contribution in [0.15, 0.2) is 52.4 Å². The first-order valence-corrected chi connectivity index (χ1v) is 10.5. The quantitative estimate of drug-likeness (QED) is 0.597. The van der Waals surface area contributed by atoms with Gasteiger partial charge in [-0.05, 0) is 75.4 Å². The number of aryl methyl sites for hydroxylation is 1. The Morgan fingerprint density at radius 1 is 1.14 bits per heavy atom. The molecule has 0 unspecified atom stereocenters. The van der Waals surface area contributed by atoms with Gasteiger partial charge in [0.05, 0.1) is 23.3 Å². The van der Waals surface area contributed by atoms with Crippen molar-refractivity contribution in [2.45, 2.75) is 33.8 Å². The zero-order valence-electron chi connectivity index (χ0n) is 17.4. The molecule has 1 saturated heterocycles. The van der Waals surface area contributed by atoms with Gasteiger partial charge in [-0.25, -0.2) is 4.99 Å². The third-order valence-electron chi connectivity index (χ3n) is 4.19. The van der Waals surface area contributed by atoms with E-state index in [2.05, 4.69) is 4.99 Å². The Hall–Kier alpha value is -2.73. The second-order valence-electron chi connectivity index (χ2n) is 7.01. The van der Waals surface area contributed by atoms with Crippen molar-refractivity contribution in [3.8, 4) is 11.5 Å². The molecule has 3 rings (SSSR count). The van der Waals surface area contributed by atoms with Crippen LogP contribution in [0.5, 0.6) is 11.5 Å². The number of ether oxygens (including phenoxy) is 2. The van der Waals surface area contributed by atoms with Crippen LogP contribution in [0.25, 0.3) is 6.08 Å². The summed E-state index contributed by atoms with van der Waals surface area (Å²) in [6.07, 6.45) is 1.92. The van der Waals surface area contributed by atoms with Gasteiger partial charge in [0.25, 0.3) is 5.91 Å². The van der Waals surface area contributed by atoms with Gasteiger partial charge in [0.1, 0.15) is 0 Å². The predicted octanol–water partition coefficient (Wildman–Crippen LogP) is 5.41. The Kier molecular flexibility index (Phi) is 6.64. The van der Waals surface area contributed by atoms with E-state index in [1.54, 1.807) is 11.9 Å². The fourth-order valence-electron chi connectivity index (χ4n) is 2.77. The van der Waals surface area contributed by atoms with E-state index in [9.17, 15) is 4.79 Å². The first-order valence-electron chi connectivity index (χ1n) is 9.64. The van der Waals surface area contributed by atoms with Gasteiger partial charge in [0, 0.05) is 7.05 Å². The highest BCUT2D eigenvalue weighted by Gasteiger charge is 2.30. The Balaban J connectivity index is 1.87. The van der Waals surface area contributed by atoms with Gasteiger partial charge in [-0.15, -0.1) is 0 Å². The molecule has 0 atom stereocenters. The second-order valence-corrected chi connectivity index (χ2v) is 8.02. The molecule has 1 aliphatic heterocycles. The molecule has 1 aliphatic rings. The molecular weight excluding hydrogens is 384 g/mol. The van der Waals surface area contributed by atoms with Gasteiger partial charge < -0.3 is 9.47 Å². The van der Waals surface area contributed by atoms with Crippen molar-refractivity contribution in [2.75, 3.05) is 13.7 Å². The number of hydrogen-bond donors (Lipinski definition) is 0. The maximum atomic E-state index is 12.7. The third kappa shape index (κ3) is 5.21.